The molecule has 114 valence electrons. The zero-order valence-electron chi connectivity index (χ0n) is 12.7. The number of aryl methyl sites for hydroxylation is 2. The summed E-state index contributed by atoms with van der Waals surface area (Å²) in [5.41, 5.74) is 3.18. The molecular formula is C16H20Cl2N2O. The number of aliphatic hydroxyl groups is 1. The Labute approximate surface area is 135 Å². The van der Waals surface area contributed by atoms with Gasteiger partial charge in [0.2, 0.25) is 0 Å². The number of nitrogens with zero attached hydrogens (tertiary/aromatic N) is 2. The van der Waals surface area contributed by atoms with Crippen molar-refractivity contribution in [1.82, 2.24) is 9.78 Å². The minimum absolute atomic E-state index is 0.294. The van der Waals surface area contributed by atoms with E-state index in [-0.39, 0.29) is 0 Å². The van der Waals surface area contributed by atoms with Gasteiger partial charge in [-0.3, -0.25) is 4.68 Å². The Kier molecular flexibility index (Phi) is 4.97. The summed E-state index contributed by atoms with van der Waals surface area (Å²) in [5, 5.41) is 16.2. The standard InChI is InChI=1S/C16H20Cl2N2O/c1-5-9(2)15-13(10(3)19-20(15)4)16(21)14-11(17)7-6-8-12(14)18/h6-9,16,21H,5H2,1-4H3. The highest BCUT2D eigenvalue weighted by Gasteiger charge is 2.27. The Hall–Kier alpha value is -1.03. The fourth-order valence-electron chi connectivity index (χ4n) is 2.72. The van der Waals surface area contributed by atoms with Crippen LogP contribution in [0.15, 0.2) is 18.2 Å². The Bertz CT molecular complexity index is 632. The van der Waals surface area contributed by atoms with Crippen molar-refractivity contribution in [3.63, 3.8) is 0 Å². The van der Waals surface area contributed by atoms with E-state index in [0.29, 0.717) is 21.5 Å². The molecule has 0 spiro atoms. The predicted octanol–water partition coefficient (Wildman–Crippen LogP) is 4.63. The number of benzene rings is 1. The fraction of sp³-hybridized carbons (Fsp3) is 0.438. The van der Waals surface area contributed by atoms with Gasteiger partial charge in [0.15, 0.2) is 0 Å². The van der Waals surface area contributed by atoms with Crippen molar-refractivity contribution in [2.24, 2.45) is 7.05 Å². The normalized spacial score (nSPS) is 14.2. The molecule has 0 saturated carbocycles. The van der Waals surface area contributed by atoms with Crippen LogP contribution in [0.25, 0.3) is 0 Å². The van der Waals surface area contributed by atoms with Gasteiger partial charge in [-0.2, -0.15) is 5.10 Å². The molecule has 2 rings (SSSR count). The van der Waals surface area contributed by atoms with Crippen molar-refractivity contribution in [2.75, 3.05) is 0 Å². The Balaban J connectivity index is 2.61. The number of aliphatic hydroxyl groups excluding tert-OH is 1. The lowest BCUT2D eigenvalue weighted by atomic mass is 9.93. The lowest BCUT2D eigenvalue weighted by molar-refractivity contribution is 0.218. The molecule has 1 aromatic heterocycles. The van der Waals surface area contributed by atoms with Crippen LogP contribution in [-0.2, 0) is 7.05 Å². The summed E-state index contributed by atoms with van der Waals surface area (Å²) < 4.78 is 1.84. The highest BCUT2D eigenvalue weighted by Crippen LogP contribution is 2.38. The van der Waals surface area contributed by atoms with Crippen molar-refractivity contribution in [3.8, 4) is 0 Å². The van der Waals surface area contributed by atoms with Crippen LogP contribution in [0.2, 0.25) is 10.0 Å². The Morgan fingerprint density at radius 3 is 2.33 bits per heavy atom. The Morgan fingerprint density at radius 2 is 1.81 bits per heavy atom. The van der Waals surface area contributed by atoms with E-state index in [4.69, 9.17) is 23.2 Å². The zero-order chi connectivity index (χ0) is 15.7. The summed E-state index contributed by atoms with van der Waals surface area (Å²) in [6.07, 6.45) is 0.0958. The molecule has 0 bridgehead atoms. The topological polar surface area (TPSA) is 38.1 Å². The summed E-state index contributed by atoms with van der Waals surface area (Å²) in [5.74, 6) is 0.294. The van der Waals surface area contributed by atoms with Crippen molar-refractivity contribution < 1.29 is 5.11 Å². The minimum atomic E-state index is -0.871. The zero-order valence-corrected chi connectivity index (χ0v) is 14.2. The summed E-state index contributed by atoms with van der Waals surface area (Å²) in [7, 11) is 1.90. The van der Waals surface area contributed by atoms with Crippen LogP contribution < -0.4 is 0 Å². The first-order valence-electron chi connectivity index (χ1n) is 7.03. The fourth-order valence-corrected chi connectivity index (χ4v) is 3.33. The van der Waals surface area contributed by atoms with E-state index < -0.39 is 6.10 Å². The van der Waals surface area contributed by atoms with E-state index in [1.54, 1.807) is 18.2 Å². The largest absolute Gasteiger partial charge is 0.383 e. The molecular weight excluding hydrogens is 307 g/mol. The van der Waals surface area contributed by atoms with Gasteiger partial charge in [-0.05, 0) is 31.4 Å². The number of hydrogen-bond acceptors (Lipinski definition) is 2. The van der Waals surface area contributed by atoms with Gasteiger partial charge in [0.05, 0.1) is 5.69 Å². The van der Waals surface area contributed by atoms with Gasteiger partial charge >= 0.3 is 0 Å². The highest BCUT2D eigenvalue weighted by molar-refractivity contribution is 6.36. The first kappa shape index (κ1) is 16.3. The number of hydrogen-bond donors (Lipinski definition) is 1. The molecule has 0 aliphatic heterocycles. The highest BCUT2D eigenvalue weighted by atomic mass is 35.5. The molecule has 1 heterocycles. The monoisotopic (exact) mass is 326 g/mol. The van der Waals surface area contributed by atoms with Gasteiger partial charge in [-0.15, -0.1) is 0 Å². The molecule has 0 fully saturated rings. The van der Waals surface area contributed by atoms with Crippen molar-refractivity contribution in [3.05, 3.63) is 50.8 Å². The van der Waals surface area contributed by atoms with E-state index in [2.05, 4.69) is 18.9 Å². The summed E-state index contributed by atoms with van der Waals surface area (Å²) >= 11 is 12.5. The first-order chi connectivity index (χ1) is 9.88. The molecule has 1 N–H and O–H groups in total. The lowest BCUT2D eigenvalue weighted by Gasteiger charge is -2.19. The minimum Gasteiger partial charge on any atom is -0.383 e. The van der Waals surface area contributed by atoms with Gasteiger partial charge in [0.1, 0.15) is 6.10 Å². The Morgan fingerprint density at radius 1 is 1.24 bits per heavy atom. The average molecular weight is 327 g/mol. The molecule has 0 saturated heterocycles. The van der Waals surface area contributed by atoms with Crippen LogP contribution in [0.1, 0.15) is 54.8 Å². The van der Waals surface area contributed by atoms with Crippen molar-refractivity contribution >= 4 is 23.2 Å². The SMILES string of the molecule is CCC(C)c1c(C(O)c2c(Cl)cccc2Cl)c(C)nn1C. The van der Waals surface area contributed by atoms with Crippen LogP contribution in [-0.4, -0.2) is 14.9 Å². The van der Waals surface area contributed by atoms with E-state index in [9.17, 15) is 5.11 Å². The van der Waals surface area contributed by atoms with E-state index in [1.807, 2.05) is 18.7 Å². The molecule has 0 amide bonds. The van der Waals surface area contributed by atoms with E-state index in [1.165, 1.54) is 0 Å². The second-order valence-electron chi connectivity index (χ2n) is 5.36. The maximum absolute atomic E-state index is 10.9. The van der Waals surface area contributed by atoms with Crippen molar-refractivity contribution in [2.45, 2.75) is 39.2 Å². The average Bonchev–Trinajstić information content (AvgIpc) is 2.72. The van der Waals surface area contributed by atoms with Crippen LogP contribution in [0.3, 0.4) is 0 Å². The number of aromatic nitrogens is 2. The molecule has 5 heteroatoms. The second-order valence-corrected chi connectivity index (χ2v) is 6.17. The summed E-state index contributed by atoms with van der Waals surface area (Å²) in [6.45, 7) is 6.14. The lowest BCUT2D eigenvalue weighted by Crippen LogP contribution is -2.09. The molecule has 0 aliphatic rings. The molecule has 0 radical (unpaired) electrons. The van der Waals surface area contributed by atoms with E-state index in [0.717, 1.165) is 23.4 Å². The van der Waals surface area contributed by atoms with Crippen LogP contribution in [0.5, 0.6) is 0 Å². The summed E-state index contributed by atoms with van der Waals surface area (Å²) in [6, 6.07) is 5.24. The maximum Gasteiger partial charge on any atom is 0.110 e. The first-order valence-corrected chi connectivity index (χ1v) is 7.79. The van der Waals surface area contributed by atoms with Gasteiger partial charge < -0.3 is 5.11 Å². The third-order valence-corrected chi connectivity index (χ3v) is 4.60. The van der Waals surface area contributed by atoms with Crippen LogP contribution in [0, 0.1) is 6.92 Å². The van der Waals surface area contributed by atoms with Crippen molar-refractivity contribution in [1.29, 1.82) is 0 Å². The molecule has 2 unspecified atom stereocenters. The van der Waals surface area contributed by atoms with Gasteiger partial charge in [0.25, 0.3) is 0 Å². The van der Waals surface area contributed by atoms with Gasteiger partial charge in [-0.25, -0.2) is 0 Å². The third-order valence-electron chi connectivity index (χ3n) is 3.94. The van der Waals surface area contributed by atoms with Gasteiger partial charge in [-0.1, -0.05) is 43.1 Å². The van der Waals surface area contributed by atoms with Gasteiger partial charge in [0, 0.05) is 33.9 Å². The van der Waals surface area contributed by atoms with Crippen LogP contribution >= 0.6 is 23.2 Å². The smallest absolute Gasteiger partial charge is 0.110 e. The molecule has 2 atom stereocenters. The predicted molar refractivity (Wildman–Crippen MR) is 87.2 cm³/mol. The quantitative estimate of drug-likeness (QED) is 0.889. The maximum atomic E-state index is 10.9. The molecule has 2 aromatic rings. The molecule has 1 aromatic carbocycles. The molecule has 3 nitrogen and oxygen atoms in total. The number of halogens is 2. The van der Waals surface area contributed by atoms with Crippen LogP contribution in [0.4, 0.5) is 0 Å². The second kappa shape index (κ2) is 6.39. The third kappa shape index (κ3) is 2.96. The van der Waals surface area contributed by atoms with E-state index >= 15 is 0 Å². The summed E-state index contributed by atoms with van der Waals surface area (Å²) in [4.78, 5) is 0. The molecule has 0 aliphatic carbocycles. The number of rotatable bonds is 4. The molecule has 21 heavy (non-hydrogen) atoms.